The van der Waals surface area contributed by atoms with E-state index in [1.165, 1.54) is 50.7 Å². The number of carboxylic acids is 1. The minimum atomic E-state index is -4.23. The minimum absolute atomic E-state index is 0.0137. The van der Waals surface area contributed by atoms with Gasteiger partial charge in [-0.25, -0.2) is 14.5 Å². The first-order chi connectivity index (χ1) is 36.3. The largest absolute Gasteiger partial charge is 0.477 e. The summed E-state index contributed by atoms with van der Waals surface area (Å²) in [6.45, 7) is 16.9. The smallest absolute Gasteiger partial charge is 0.341 e. The molecule has 5 heterocycles. The molecule has 23 nitrogen and oxygen atoms in total. The summed E-state index contributed by atoms with van der Waals surface area (Å²) in [6, 6.07) is 1.22. The van der Waals surface area contributed by atoms with Gasteiger partial charge in [0.2, 0.25) is 5.43 Å². The van der Waals surface area contributed by atoms with Gasteiger partial charge in [0.1, 0.15) is 35.3 Å². The van der Waals surface area contributed by atoms with Gasteiger partial charge in [-0.2, -0.15) is 8.42 Å². The van der Waals surface area contributed by atoms with Crippen LogP contribution >= 0.6 is 11.8 Å². The van der Waals surface area contributed by atoms with Crippen molar-refractivity contribution in [1.29, 1.82) is 0 Å². The number of esters is 1. The molecule has 3 aliphatic heterocycles. The molecule has 0 unspecified atom stereocenters. The summed E-state index contributed by atoms with van der Waals surface area (Å²) in [6.07, 6.45) is -7.84. The van der Waals surface area contributed by atoms with Gasteiger partial charge in [0, 0.05) is 94.7 Å². The van der Waals surface area contributed by atoms with Crippen molar-refractivity contribution in [2.24, 2.45) is 23.7 Å². The van der Waals surface area contributed by atoms with E-state index in [0.717, 1.165) is 0 Å². The zero-order valence-corrected chi connectivity index (χ0v) is 49.8. The predicted molar refractivity (Wildman–Crippen MR) is 290 cm³/mol. The molecular formula is C53H87N5O18S2. The topological polar surface area (TPSA) is 294 Å². The fourth-order valence-electron chi connectivity index (χ4n) is 11.2. The van der Waals surface area contributed by atoms with Gasteiger partial charge in [-0.3, -0.25) is 18.6 Å². The number of carbonyl (C=O) groups excluding carboxylic acids is 2. The quantitative estimate of drug-likeness (QED) is 0.0585. The Labute approximate surface area is 463 Å². The van der Waals surface area contributed by atoms with Gasteiger partial charge in [0.15, 0.2) is 18.2 Å². The van der Waals surface area contributed by atoms with Crippen molar-refractivity contribution in [1.82, 2.24) is 19.9 Å². The number of hydrogen-bond acceptors (Lipinski definition) is 22. The van der Waals surface area contributed by atoms with E-state index in [0.29, 0.717) is 29.3 Å². The third-order valence-corrected chi connectivity index (χ3v) is 18.2. The number of cyclic esters (lactones) is 1. The van der Waals surface area contributed by atoms with Crippen molar-refractivity contribution < 1.29 is 80.6 Å². The Morgan fingerprint density at radius 2 is 1.58 bits per heavy atom. The summed E-state index contributed by atoms with van der Waals surface area (Å²) in [5, 5.41) is 49.7. The van der Waals surface area contributed by atoms with Gasteiger partial charge < -0.3 is 68.8 Å². The van der Waals surface area contributed by atoms with Crippen molar-refractivity contribution >= 4 is 50.6 Å². The van der Waals surface area contributed by atoms with Crippen LogP contribution in [0.2, 0.25) is 0 Å². The molecule has 0 radical (unpaired) electrons. The molecule has 5 N–H and O–H groups in total. The van der Waals surface area contributed by atoms with Crippen LogP contribution in [-0.4, -0.2) is 212 Å². The molecule has 2 aromatic heterocycles. The number of pyridine rings is 2. The molecular weight excluding hydrogens is 1060 g/mol. The first kappa shape index (κ1) is 65.4. The zero-order valence-electron chi connectivity index (χ0n) is 48.2. The van der Waals surface area contributed by atoms with E-state index >= 15 is 0 Å². The summed E-state index contributed by atoms with van der Waals surface area (Å²) >= 11 is 1.35. The number of ketones is 1. The maximum absolute atomic E-state index is 14.6. The number of Topliss-reactive ketones (excluding diaryl/α,β-unsaturated/α-hetero) is 1. The van der Waals surface area contributed by atoms with Crippen LogP contribution in [-0.2, 0) is 57.0 Å². The Morgan fingerprint density at radius 3 is 2.17 bits per heavy atom. The van der Waals surface area contributed by atoms with Gasteiger partial charge in [0.05, 0.1) is 58.8 Å². The molecule has 25 heteroatoms. The third kappa shape index (κ3) is 14.8. The number of aliphatic hydroxyl groups is 3. The molecule has 0 aliphatic carbocycles. The van der Waals surface area contributed by atoms with E-state index in [2.05, 4.69) is 10.3 Å². The monoisotopic (exact) mass is 1150 g/mol. The van der Waals surface area contributed by atoms with Crippen LogP contribution in [0.5, 0.6) is 0 Å². The maximum Gasteiger partial charge on any atom is 0.341 e. The number of methoxy groups -OCH3 is 2. The molecule has 3 saturated heterocycles. The van der Waals surface area contributed by atoms with Crippen LogP contribution in [0.25, 0.3) is 11.0 Å². The molecule has 18 atom stereocenters. The average molecular weight is 1150 g/mol. The molecule has 0 aromatic carbocycles. The van der Waals surface area contributed by atoms with Crippen LogP contribution in [0.4, 0.5) is 0 Å². The molecule has 0 saturated carbocycles. The highest BCUT2D eigenvalue weighted by molar-refractivity contribution is 7.99. The van der Waals surface area contributed by atoms with Gasteiger partial charge in [0.25, 0.3) is 10.1 Å². The van der Waals surface area contributed by atoms with Crippen molar-refractivity contribution in [2.45, 2.75) is 184 Å². The Kier molecular flexibility index (Phi) is 22.4. The average Bonchev–Trinajstić information content (AvgIpc) is 3.39. The molecule has 0 bridgehead atoms. The van der Waals surface area contributed by atoms with E-state index in [1.54, 1.807) is 79.8 Å². The van der Waals surface area contributed by atoms with E-state index in [9.17, 15) is 48.0 Å². The molecule has 3 aliphatic rings. The van der Waals surface area contributed by atoms with Crippen LogP contribution in [0.3, 0.4) is 0 Å². The number of likely N-dealkylation sites (N-methyl/N-ethyl adjacent to an activating group) is 1. The number of thioether (sulfide) groups is 1. The Balaban J connectivity index is 1.37. The van der Waals surface area contributed by atoms with Crippen LogP contribution in [0, 0.1) is 23.7 Å². The van der Waals surface area contributed by atoms with Crippen molar-refractivity contribution in [3.8, 4) is 0 Å². The summed E-state index contributed by atoms with van der Waals surface area (Å²) in [5.74, 6) is -6.38. The number of carbonyl (C=O) groups is 3. The van der Waals surface area contributed by atoms with Crippen LogP contribution < -0.4 is 15.8 Å². The van der Waals surface area contributed by atoms with Gasteiger partial charge in [-0.1, -0.05) is 27.7 Å². The lowest BCUT2D eigenvalue weighted by Gasteiger charge is -2.50. The number of aromatic nitrogens is 2. The number of ether oxygens (including phenoxy) is 7. The van der Waals surface area contributed by atoms with Gasteiger partial charge in [-0.05, 0) is 81.0 Å². The molecule has 444 valence electrons. The predicted octanol–water partition coefficient (Wildman–Crippen LogP) is 2.78. The lowest BCUT2D eigenvalue weighted by atomic mass is 9.74. The lowest BCUT2D eigenvalue weighted by Crippen LogP contribution is -2.62. The van der Waals surface area contributed by atoms with Crippen molar-refractivity contribution in [2.75, 3.05) is 72.0 Å². The summed E-state index contributed by atoms with van der Waals surface area (Å²) in [4.78, 5) is 60.5. The van der Waals surface area contributed by atoms with Crippen LogP contribution in [0.1, 0.15) is 105 Å². The fraction of sp³-hybridized carbons (Fsp3) is 0.792. The molecule has 5 rings (SSSR count). The SMILES string of the molecule is CC[C@H]1OC(=O)[C@H](C)[C@@H](O[C@H]2C[C@@](C)(OC)[C@@H](OS(=O)(=O)CCNCCSc3cnc4c(c3)c(=O)c(C(=O)O)cn4N(C)C)[C@H](C)O2)[C@H](C)[C@@H](O[C@@H]2O[C@H](C)C[C@H](N(C)C)[C@H]2O)[C@](C)(OC)C[C@@H](C)C(=O)[C@H](C)[C@@H](O)[C@]1(C)O. The zero-order chi connectivity index (χ0) is 58.6. The Bertz CT molecular complexity index is 2550. The number of aliphatic hydroxyl groups excluding tert-OH is 2. The van der Waals surface area contributed by atoms with Crippen molar-refractivity contribution in [3.05, 3.63) is 34.2 Å². The van der Waals surface area contributed by atoms with E-state index < -0.39 is 135 Å². The van der Waals surface area contributed by atoms with Gasteiger partial charge in [-0.15, -0.1) is 11.8 Å². The number of nitrogens with one attached hydrogen (secondary N) is 1. The Morgan fingerprint density at radius 1 is 0.936 bits per heavy atom. The number of rotatable bonds is 19. The molecule has 0 amide bonds. The molecule has 78 heavy (non-hydrogen) atoms. The second-order valence-electron chi connectivity index (χ2n) is 22.5. The number of nitrogens with zero attached hydrogens (tertiary/aromatic N) is 4. The number of carboxylic acid groups (broad SMARTS) is 1. The second kappa shape index (κ2) is 26.7. The number of hydrogen-bond donors (Lipinski definition) is 5. The minimum Gasteiger partial charge on any atom is -0.477 e. The van der Waals surface area contributed by atoms with E-state index in [-0.39, 0.29) is 49.1 Å². The lowest BCUT2D eigenvalue weighted by molar-refractivity contribution is -0.317. The second-order valence-corrected chi connectivity index (χ2v) is 25.4. The summed E-state index contributed by atoms with van der Waals surface area (Å²) < 4.78 is 79.6. The fourth-order valence-corrected chi connectivity index (χ4v) is 13.2. The molecule has 3 fully saturated rings. The molecule has 2 aromatic rings. The van der Waals surface area contributed by atoms with Crippen molar-refractivity contribution in [3.63, 3.8) is 0 Å². The standard InChI is InChI=1S/C53H87N5O18S2/c1-17-38-53(10,66)44(62)30(4)40(59)28(2)24-51(8,69-15)45(75-50-42(61)37(56(11)12)22-29(3)71-50)31(5)43(32(6)49(65)73-38)74-39-25-52(9,70-16)46(33(7)72-39)76-78(67,68)21-19-54-18-20-77-34-23-35-41(60)36(48(63)64)27-58(57(13)14)47(35)55-26-34/h23,26-33,37-39,42-46,50,54,61-62,66H,17-22,24-25H2,1-16H3,(H,63,64)/t28-,29-,30+,31+,32-,33+,37+,38-,39+,42-,43+,44-,45-,46+,50+,51-,52-,53-/m1/s1. The first-order valence-electron chi connectivity index (χ1n) is 26.7. The highest BCUT2D eigenvalue weighted by Gasteiger charge is 2.55. The summed E-state index contributed by atoms with van der Waals surface area (Å²) in [5.41, 5.74) is -5.53. The summed E-state index contributed by atoms with van der Waals surface area (Å²) in [7, 11) is 5.73. The first-order valence-corrected chi connectivity index (χ1v) is 29.3. The highest BCUT2D eigenvalue weighted by Crippen LogP contribution is 2.42. The Hall–Kier alpha value is -3.41. The highest BCUT2D eigenvalue weighted by atomic mass is 32.2. The number of fused-ring (bicyclic) bond motifs is 1. The third-order valence-electron chi connectivity index (χ3n) is 16.0. The normalized spacial score (nSPS) is 36.8. The van der Waals surface area contributed by atoms with E-state index in [4.69, 9.17) is 37.3 Å². The molecule has 0 spiro atoms. The van der Waals surface area contributed by atoms with Crippen LogP contribution in [0.15, 0.2) is 28.2 Å². The number of aromatic carboxylic acids is 1. The van der Waals surface area contributed by atoms with Gasteiger partial charge >= 0.3 is 11.9 Å². The van der Waals surface area contributed by atoms with E-state index in [1.807, 2.05) is 25.9 Å². The maximum atomic E-state index is 14.6.